The first-order valence-corrected chi connectivity index (χ1v) is 9.98. The van der Waals surface area contributed by atoms with E-state index in [4.69, 9.17) is 9.05 Å². The fraction of sp³-hybridized carbons (Fsp3) is 0.300. The van der Waals surface area contributed by atoms with Gasteiger partial charge in [-0.1, -0.05) is 62.4 Å². The Morgan fingerprint density at radius 1 is 0.960 bits per heavy atom. The molecule has 1 N–H and O–H groups in total. The maximum atomic E-state index is 13.2. The largest absolute Gasteiger partial charge is 0.376 e. The van der Waals surface area contributed by atoms with Crippen molar-refractivity contribution < 1.29 is 18.7 Å². The molecule has 1 atom stereocenters. The molecular weight excluding hydrogens is 335 g/mol. The molecule has 1 saturated heterocycles. The molecule has 4 nitrogen and oxygen atoms in total. The summed E-state index contributed by atoms with van der Waals surface area (Å²) < 4.78 is 24.4. The van der Waals surface area contributed by atoms with Gasteiger partial charge in [-0.2, -0.15) is 0 Å². The molecular formula is C20H21O4P. The van der Waals surface area contributed by atoms with Crippen molar-refractivity contribution in [3.05, 3.63) is 60.2 Å². The molecule has 0 saturated carbocycles. The van der Waals surface area contributed by atoms with Gasteiger partial charge in [0.2, 0.25) is 0 Å². The number of fused-ring (bicyclic) bond motifs is 2. The number of hydrogen-bond acceptors (Lipinski definition) is 4. The molecule has 4 rings (SSSR count). The van der Waals surface area contributed by atoms with Crippen molar-refractivity contribution in [2.24, 2.45) is 5.41 Å². The van der Waals surface area contributed by atoms with Gasteiger partial charge < -0.3 is 14.2 Å². The minimum Gasteiger partial charge on any atom is -0.376 e. The molecule has 1 fully saturated rings. The monoisotopic (exact) mass is 356 g/mol. The Bertz CT molecular complexity index is 927. The number of rotatable bonds is 2. The van der Waals surface area contributed by atoms with E-state index in [1.54, 1.807) is 0 Å². The standard InChI is InChI=1S/C20H21O4P/c1-20(2)12-23-25(22,24-13-20)19(21)18-16-9-5-3-7-14(16)11-15-8-4-6-10-17(15)18/h3-11,19,21H,12-13H2,1-2H3/t19-/m1/s1. The quantitative estimate of drug-likeness (QED) is 0.503. The van der Waals surface area contributed by atoms with E-state index in [0.717, 1.165) is 21.5 Å². The van der Waals surface area contributed by atoms with Crippen LogP contribution in [0.2, 0.25) is 0 Å². The average Bonchev–Trinajstić information content (AvgIpc) is 2.62. The lowest BCUT2D eigenvalue weighted by atomic mass is 9.97. The van der Waals surface area contributed by atoms with E-state index in [9.17, 15) is 9.67 Å². The molecule has 0 bridgehead atoms. The van der Waals surface area contributed by atoms with Crippen LogP contribution in [0.4, 0.5) is 0 Å². The van der Waals surface area contributed by atoms with Crippen LogP contribution in [0.15, 0.2) is 54.6 Å². The summed E-state index contributed by atoms with van der Waals surface area (Å²) in [7, 11) is -3.66. The molecule has 0 aliphatic carbocycles. The van der Waals surface area contributed by atoms with Crippen molar-refractivity contribution in [2.75, 3.05) is 13.2 Å². The van der Waals surface area contributed by atoms with Crippen molar-refractivity contribution >= 4 is 29.1 Å². The van der Waals surface area contributed by atoms with E-state index in [2.05, 4.69) is 6.07 Å². The molecule has 0 spiro atoms. The predicted octanol–water partition coefficient (Wildman–Crippen LogP) is 5.25. The minimum atomic E-state index is -3.66. The molecule has 5 heteroatoms. The van der Waals surface area contributed by atoms with Crippen LogP contribution in [0.25, 0.3) is 21.5 Å². The molecule has 0 radical (unpaired) electrons. The van der Waals surface area contributed by atoms with Crippen LogP contribution in [0.3, 0.4) is 0 Å². The van der Waals surface area contributed by atoms with Gasteiger partial charge in [0.05, 0.1) is 13.2 Å². The predicted molar refractivity (Wildman–Crippen MR) is 99.7 cm³/mol. The zero-order valence-corrected chi connectivity index (χ0v) is 15.2. The summed E-state index contributed by atoms with van der Waals surface area (Å²) in [6.07, 6.45) is 0. The third-order valence-corrected chi connectivity index (χ3v) is 6.48. The smallest absolute Gasteiger partial charge is 0.363 e. The summed E-state index contributed by atoms with van der Waals surface area (Å²) >= 11 is 0. The third-order valence-electron chi connectivity index (χ3n) is 4.64. The Balaban J connectivity index is 1.91. The number of benzene rings is 3. The molecule has 25 heavy (non-hydrogen) atoms. The molecule has 0 aromatic heterocycles. The van der Waals surface area contributed by atoms with Crippen molar-refractivity contribution in [3.8, 4) is 0 Å². The summed E-state index contributed by atoms with van der Waals surface area (Å²) in [5, 5.41) is 14.8. The van der Waals surface area contributed by atoms with Crippen LogP contribution in [0.5, 0.6) is 0 Å². The van der Waals surface area contributed by atoms with Crippen LogP contribution in [0, 0.1) is 5.41 Å². The van der Waals surface area contributed by atoms with E-state index < -0.39 is 13.4 Å². The van der Waals surface area contributed by atoms with Gasteiger partial charge in [0.15, 0.2) is 5.85 Å². The highest BCUT2D eigenvalue weighted by molar-refractivity contribution is 7.54. The zero-order chi connectivity index (χ0) is 17.7. The van der Waals surface area contributed by atoms with Gasteiger partial charge in [-0.25, -0.2) is 0 Å². The van der Waals surface area contributed by atoms with Crippen LogP contribution in [-0.2, 0) is 13.6 Å². The van der Waals surface area contributed by atoms with E-state index in [1.807, 2.05) is 62.4 Å². The molecule has 0 unspecified atom stereocenters. The Morgan fingerprint density at radius 2 is 1.44 bits per heavy atom. The van der Waals surface area contributed by atoms with E-state index in [-0.39, 0.29) is 5.41 Å². The van der Waals surface area contributed by atoms with E-state index in [0.29, 0.717) is 18.8 Å². The first-order valence-electron chi connectivity index (χ1n) is 8.37. The third kappa shape index (κ3) is 2.90. The second-order valence-corrected chi connectivity index (χ2v) is 9.44. The highest BCUT2D eigenvalue weighted by Gasteiger charge is 2.44. The topological polar surface area (TPSA) is 55.8 Å². The van der Waals surface area contributed by atoms with Crippen LogP contribution >= 0.6 is 7.60 Å². The fourth-order valence-corrected chi connectivity index (χ4v) is 5.24. The number of hydrogen-bond donors (Lipinski definition) is 1. The molecule has 3 aromatic carbocycles. The van der Waals surface area contributed by atoms with Crippen molar-refractivity contribution in [1.29, 1.82) is 0 Å². The molecule has 3 aromatic rings. The lowest BCUT2D eigenvalue weighted by Crippen LogP contribution is -2.30. The molecule has 1 heterocycles. The summed E-state index contributed by atoms with van der Waals surface area (Å²) in [6, 6.07) is 17.6. The van der Waals surface area contributed by atoms with Crippen LogP contribution < -0.4 is 0 Å². The average molecular weight is 356 g/mol. The van der Waals surface area contributed by atoms with Crippen molar-refractivity contribution in [1.82, 2.24) is 0 Å². The van der Waals surface area contributed by atoms with E-state index in [1.165, 1.54) is 0 Å². The molecule has 0 amide bonds. The first-order chi connectivity index (χ1) is 11.9. The van der Waals surface area contributed by atoms with Gasteiger partial charge >= 0.3 is 7.60 Å². The highest BCUT2D eigenvalue weighted by atomic mass is 31.2. The molecule has 130 valence electrons. The second-order valence-electron chi connectivity index (χ2n) is 7.36. The van der Waals surface area contributed by atoms with Gasteiger partial charge in [-0.3, -0.25) is 4.57 Å². The van der Waals surface area contributed by atoms with Crippen molar-refractivity contribution in [3.63, 3.8) is 0 Å². The lowest BCUT2D eigenvalue weighted by Gasteiger charge is -2.36. The molecule has 1 aliphatic heterocycles. The SMILES string of the molecule is CC1(C)COP(=O)([C@@H](O)c2c3ccccc3cc3ccccc23)OC1. The number of aliphatic hydroxyl groups excluding tert-OH is 1. The molecule has 1 aliphatic rings. The summed E-state index contributed by atoms with van der Waals surface area (Å²) in [5.74, 6) is -1.32. The maximum absolute atomic E-state index is 13.2. The van der Waals surface area contributed by atoms with E-state index >= 15 is 0 Å². The number of aliphatic hydroxyl groups is 1. The summed E-state index contributed by atoms with van der Waals surface area (Å²) in [5.41, 5.74) is 0.394. The van der Waals surface area contributed by atoms with Gasteiger partial charge in [-0.15, -0.1) is 0 Å². The maximum Gasteiger partial charge on any atom is 0.363 e. The Morgan fingerprint density at radius 3 is 1.96 bits per heavy atom. The first kappa shape index (κ1) is 16.7. The Labute approximate surface area is 146 Å². The highest BCUT2D eigenvalue weighted by Crippen LogP contribution is 2.64. The van der Waals surface area contributed by atoms with Gasteiger partial charge in [0, 0.05) is 11.0 Å². The fourth-order valence-electron chi connectivity index (χ4n) is 3.23. The normalized spacial score (nSPS) is 20.6. The van der Waals surface area contributed by atoms with Crippen molar-refractivity contribution in [2.45, 2.75) is 19.7 Å². The van der Waals surface area contributed by atoms with Gasteiger partial charge in [-0.05, 0) is 27.6 Å². The zero-order valence-electron chi connectivity index (χ0n) is 14.3. The lowest BCUT2D eigenvalue weighted by molar-refractivity contribution is 0.0232. The van der Waals surface area contributed by atoms with Gasteiger partial charge in [0.25, 0.3) is 0 Å². The minimum absolute atomic E-state index is 0.214. The second kappa shape index (κ2) is 5.93. The Hall–Kier alpha value is -1.71. The van der Waals surface area contributed by atoms with Crippen LogP contribution in [-0.4, -0.2) is 18.3 Å². The Kier molecular flexibility index (Phi) is 3.97. The van der Waals surface area contributed by atoms with Gasteiger partial charge in [0.1, 0.15) is 0 Å². The summed E-state index contributed by atoms with van der Waals surface area (Å²) in [6.45, 7) is 4.56. The summed E-state index contributed by atoms with van der Waals surface area (Å²) in [4.78, 5) is 0. The van der Waals surface area contributed by atoms with Crippen LogP contribution in [0.1, 0.15) is 25.3 Å².